The van der Waals surface area contributed by atoms with E-state index < -0.39 is 5.69 Å². The number of amides is 1. The van der Waals surface area contributed by atoms with E-state index in [0.29, 0.717) is 40.5 Å². The summed E-state index contributed by atoms with van der Waals surface area (Å²) in [6.07, 6.45) is 5.52. The molecule has 0 atom stereocenters. The summed E-state index contributed by atoms with van der Waals surface area (Å²) in [7, 11) is 6.52. The highest BCUT2D eigenvalue weighted by molar-refractivity contribution is 6.34. The summed E-state index contributed by atoms with van der Waals surface area (Å²) < 4.78 is 1.49. The average Bonchev–Trinajstić information content (AvgIpc) is 2.98. The second kappa shape index (κ2) is 13.2. The van der Waals surface area contributed by atoms with Crippen molar-refractivity contribution in [3.05, 3.63) is 94.2 Å². The maximum absolute atomic E-state index is 13.9. The first-order valence-corrected chi connectivity index (χ1v) is 14.2. The van der Waals surface area contributed by atoms with Gasteiger partial charge in [-0.25, -0.2) is 14.3 Å². The minimum atomic E-state index is -0.559. The molecule has 0 saturated carbocycles. The van der Waals surface area contributed by atoms with Gasteiger partial charge in [0.05, 0.1) is 27.5 Å². The van der Waals surface area contributed by atoms with Crippen LogP contribution in [-0.4, -0.2) is 57.9 Å². The summed E-state index contributed by atoms with van der Waals surface area (Å²) >= 11 is 6.88. The van der Waals surface area contributed by atoms with E-state index in [1.807, 2.05) is 58.0 Å². The number of halogens is 1. The van der Waals surface area contributed by atoms with E-state index in [2.05, 4.69) is 23.1 Å². The quantitative estimate of drug-likeness (QED) is 0.163. The molecular formula is C32H34BClN6O2. The summed E-state index contributed by atoms with van der Waals surface area (Å²) in [5.41, 5.74) is 4.09. The van der Waals surface area contributed by atoms with Gasteiger partial charge in [-0.3, -0.25) is 9.78 Å². The fourth-order valence-electron chi connectivity index (χ4n) is 4.96. The Balaban J connectivity index is 2.00. The van der Waals surface area contributed by atoms with E-state index in [1.165, 1.54) is 15.5 Å². The van der Waals surface area contributed by atoms with Gasteiger partial charge in [0.2, 0.25) is 13.9 Å². The summed E-state index contributed by atoms with van der Waals surface area (Å²) in [6, 6.07) is 11.2. The lowest BCUT2D eigenvalue weighted by Crippen LogP contribution is -2.39. The monoisotopic (exact) mass is 580 g/mol. The molecule has 0 spiro atoms. The molecule has 0 unspecified atom stereocenters. The molecule has 0 fully saturated rings. The van der Waals surface area contributed by atoms with Crippen molar-refractivity contribution in [1.29, 1.82) is 0 Å². The molecular weight excluding hydrogens is 547 g/mol. The molecule has 214 valence electrons. The Kier molecular flexibility index (Phi) is 9.63. The summed E-state index contributed by atoms with van der Waals surface area (Å²) in [5.74, 6) is 0.0362. The molecule has 3 aromatic heterocycles. The Hall–Kier alpha value is -4.24. The number of aromatic nitrogens is 4. The molecule has 42 heavy (non-hydrogen) atoms. The Morgan fingerprint density at radius 1 is 1.14 bits per heavy atom. The van der Waals surface area contributed by atoms with Gasteiger partial charge in [-0.15, -0.1) is 0 Å². The Morgan fingerprint density at radius 3 is 2.55 bits per heavy atom. The van der Waals surface area contributed by atoms with Gasteiger partial charge in [-0.1, -0.05) is 75.9 Å². The number of fused-ring (bicyclic) bond motifs is 1. The third kappa shape index (κ3) is 6.02. The van der Waals surface area contributed by atoms with Crippen LogP contribution in [-0.2, 0) is 4.79 Å². The molecule has 0 aliphatic rings. The molecule has 0 saturated heterocycles. The van der Waals surface area contributed by atoms with Crippen LogP contribution >= 0.6 is 11.6 Å². The van der Waals surface area contributed by atoms with Gasteiger partial charge < -0.3 is 9.71 Å². The molecule has 10 heteroatoms. The average molecular weight is 581 g/mol. The number of pyridine rings is 2. The SMILES string of the molecule is [B]N(CCN(CCC)C(=O)C=C)c1nc(=O)n(-c2c(C)ccnc2C(C)C)c2nc(-c3ccccc3C=C)c(Cl)cc12. The standard InChI is InChI=1S/C32H34BClN6O2/c1-7-16-38(26(41)9-3)17-18-39(33)30-24-19-25(34)28(23-13-11-10-12-22(23)8-2)36-31(24)40(32(42)37-30)29-21(6)14-15-35-27(29)20(4)5/h8-15,19-20H,2-3,7,16-18H2,1,4-6H3. The summed E-state index contributed by atoms with van der Waals surface area (Å²) in [6.45, 7) is 16.5. The summed E-state index contributed by atoms with van der Waals surface area (Å²) in [4.78, 5) is 43.3. The Bertz CT molecular complexity index is 1720. The van der Waals surface area contributed by atoms with Crippen LogP contribution in [0.4, 0.5) is 5.82 Å². The number of aryl methyl sites for hydroxylation is 1. The minimum Gasteiger partial charge on any atom is -0.408 e. The lowest BCUT2D eigenvalue weighted by molar-refractivity contribution is -0.125. The number of nitrogens with zero attached hydrogens (tertiary/aromatic N) is 6. The molecule has 0 aliphatic carbocycles. The molecule has 0 N–H and O–H groups in total. The van der Waals surface area contributed by atoms with E-state index in [9.17, 15) is 9.59 Å². The number of anilines is 1. The van der Waals surface area contributed by atoms with E-state index in [0.717, 1.165) is 28.8 Å². The number of hydrogen-bond donors (Lipinski definition) is 0. The van der Waals surface area contributed by atoms with Crippen LogP contribution in [0.2, 0.25) is 5.02 Å². The molecule has 4 rings (SSSR count). The molecule has 1 aromatic carbocycles. The lowest BCUT2D eigenvalue weighted by Gasteiger charge is -2.27. The van der Waals surface area contributed by atoms with Gasteiger partial charge in [-0.05, 0) is 48.6 Å². The molecule has 2 radical (unpaired) electrons. The van der Waals surface area contributed by atoms with Crippen LogP contribution in [0.5, 0.6) is 0 Å². The fraction of sp³-hybridized carbons (Fsp3) is 0.281. The molecule has 1 amide bonds. The fourth-order valence-corrected chi connectivity index (χ4v) is 5.21. The molecule has 0 bridgehead atoms. The van der Waals surface area contributed by atoms with E-state index in [4.69, 9.17) is 24.6 Å². The predicted octanol–water partition coefficient (Wildman–Crippen LogP) is 5.89. The minimum absolute atomic E-state index is 0.0211. The number of carbonyl (C=O) groups is 1. The molecule has 4 aromatic rings. The van der Waals surface area contributed by atoms with Gasteiger partial charge in [0.1, 0.15) is 5.82 Å². The van der Waals surface area contributed by atoms with Crippen LogP contribution in [0.25, 0.3) is 34.1 Å². The van der Waals surface area contributed by atoms with Gasteiger partial charge in [0.25, 0.3) is 0 Å². The zero-order valence-corrected chi connectivity index (χ0v) is 25.2. The molecule has 8 nitrogen and oxygen atoms in total. The van der Waals surface area contributed by atoms with Gasteiger partial charge in [0.15, 0.2) is 5.65 Å². The van der Waals surface area contributed by atoms with Crippen molar-refractivity contribution >= 4 is 48.4 Å². The second-order valence-electron chi connectivity index (χ2n) is 10.3. The number of carbonyl (C=O) groups excluding carboxylic acids is 1. The van der Waals surface area contributed by atoms with Gasteiger partial charge >= 0.3 is 5.69 Å². The third-order valence-electron chi connectivity index (χ3n) is 7.02. The zero-order valence-electron chi connectivity index (χ0n) is 24.5. The maximum Gasteiger partial charge on any atom is 0.355 e. The zero-order chi connectivity index (χ0) is 30.6. The topological polar surface area (TPSA) is 84.2 Å². The maximum atomic E-state index is 13.9. The van der Waals surface area contributed by atoms with Crippen LogP contribution in [0.3, 0.4) is 0 Å². The number of benzene rings is 1. The normalized spacial score (nSPS) is 11.1. The van der Waals surface area contributed by atoms with Crippen molar-refractivity contribution in [2.45, 2.75) is 40.0 Å². The van der Waals surface area contributed by atoms with Crippen LogP contribution < -0.4 is 10.5 Å². The first kappa shape index (κ1) is 30.7. The van der Waals surface area contributed by atoms with Gasteiger partial charge in [-0.2, -0.15) is 4.98 Å². The highest BCUT2D eigenvalue weighted by atomic mass is 35.5. The highest BCUT2D eigenvalue weighted by Gasteiger charge is 2.23. The predicted molar refractivity (Wildman–Crippen MR) is 172 cm³/mol. The van der Waals surface area contributed by atoms with Crippen LogP contribution in [0, 0.1) is 6.92 Å². The Labute approximate surface area is 252 Å². The van der Waals surface area contributed by atoms with Crippen molar-refractivity contribution < 1.29 is 4.79 Å². The van der Waals surface area contributed by atoms with Crippen molar-refractivity contribution in [1.82, 2.24) is 24.4 Å². The van der Waals surface area contributed by atoms with Gasteiger partial charge in [0, 0.05) is 31.4 Å². The van der Waals surface area contributed by atoms with Crippen molar-refractivity contribution in [2.24, 2.45) is 0 Å². The Morgan fingerprint density at radius 2 is 1.88 bits per heavy atom. The smallest absolute Gasteiger partial charge is 0.355 e. The van der Waals surface area contributed by atoms with Crippen molar-refractivity contribution in [2.75, 3.05) is 24.4 Å². The first-order chi connectivity index (χ1) is 20.1. The van der Waals surface area contributed by atoms with Crippen LogP contribution in [0.1, 0.15) is 49.9 Å². The van der Waals surface area contributed by atoms with Crippen LogP contribution in [0.15, 0.2) is 66.6 Å². The van der Waals surface area contributed by atoms with E-state index >= 15 is 0 Å². The van der Waals surface area contributed by atoms with E-state index in [1.54, 1.807) is 23.2 Å². The number of rotatable bonds is 11. The second-order valence-corrected chi connectivity index (χ2v) is 10.7. The largest absolute Gasteiger partial charge is 0.408 e. The molecule has 3 heterocycles. The lowest BCUT2D eigenvalue weighted by atomic mass is 10.0. The number of hydrogen-bond acceptors (Lipinski definition) is 6. The van der Waals surface area contributed by atoms with Crippen molar-refractivity contribution in [3.63, 3.8) is 0 Å². The highest BCUT2D eigenvalue weighted by Crippen LogP contribution is 2.35. The first-order valence-electron chi connectivity index (χ1n) is 13.9. The van der Waals surface area contributed by atoms with E-state index in [-0.39, 0.29) is 24.2 Å². The molecule has 0 aliphatic heterocycles. The van der Waals surface area contributed by atoms with Crippen molar-refractivity contribution in [3.8, 4) is 16.9 Å². The summed E-state index contributed by atoms with van der Waals surface area (Å²) in [5, 5.41) is 0.844. The third-order valence-corrected chi connectivity index (χ3v) is 7.31.